The fourth-order valence-electron chi connectivity index (χ4n) is 4.59. The van der Waals surface area contributed by atoms with Crippen LogP contribution < -0.4 is 11.1 Å². The number of carbonyl (C=O) groups excluding carboxylic acids is 2. The summed E-state index contributed by atoms with van der Waals surface area (Å²) in [5, 5.41) is 13.3. The third-order valence-electron chi connectivity index (χ3n) is 6.51. The molecule has 2 aliphatic rings. The van der Waals surface area contributed by atoms with E-state index in [-0.39, 0.29) is 43.6 Å². The third kappa shape index (κ3) is 8.12. The Hall–Kier alpha value is -2.32. The number of hydrogen-bond donors (Lipinski definition) is 7. The number of sulfone groups is 1. The zero-order chi connectivity index (χ0) is 34.2. The maximum Gasteiger partial charge on any atom is 0.649 e. The normalized spacial score (nSPS) is 23.3. The van der Waals surface area contributed by atoms with E-state index in [0.717, 1.165) is 24.7 Å². The van der Waals surface area contributed by atoms with Crippen LogP contribution in [-0.4, -0.2) is 111 Å². The Kier molecular flexibility index (Phi) is 11.2. The summed E-state index contributed by atoms with van der Waals surface area (Å²) in [5.41, 5.74) is 6.15. The van der Waals surface area contributed by atoms with Crippen molar-refractivity contribution in [2.75, 3.05) is 31.0 Å². The van der Waals surface area contributed by atoms with Crippen LogP contribution in [-0.2, 0) is 58.2 Å². The van der Waals surface area contributed by atoms with Crippen LogP contribution in [0.4, 0.5) is 11.6 Å². The first kappa shape index (κ1) is 36.0. The maximum atomic E-state index is 13.5. The Morgan fingerprint density at radius 3 is 2.66 bits per heavy atom. The number of thiophene rings is 1. The summed E-state index contributed by atoms with van der Waals surface area (Å²) < 4.78 is 63.1. The molecule has 8 N–H and O–H groups in total. The van der Waals surface area contributed by atoms with Crippen LogP contribution in [0.3, 0.4) is 0 Å². The number of hydrogen-bond acceptors (Lipinski definition) is 20. The second-order valence-electron chi connectivity index (χ2n) is 9.59. The summed E-state index contributed by atoms with van der Waals surface area (Å²) in [7, 11) is -10.8. The van der Waals surface area contributed by atoms with E-state index in [2.05, 4.69) is 33.9 Å². The van der Waals surface area contributed by atoms with Gasteiger partial charge in [0.25, 0.3) is 5.91 Å². The van der Waals surface area contributed by atoms with Gasteiger partial charge in [-0.3, -0.25) is 14.2 Å². The molecule has 2 fully saturated rings. The number of rotatable bonds is 13. The van der Waals surface area contributed by atoms with Crippen LogP contribution in [0.5, 0.6) is 0 Å². The van der Waals surface area contributed by atoms with E-state index in [9.17, 15) is 27.9 Å². The Balaban J connectivity index is 1.40. The van der Waals surface area contributed by atoms with Crippen LogP contribution in [0.15, 0.2) is 16.6 Å². The molecule has 47 heavy (non-hydrogen) atoms. The second-order valence-corrected chi connectivity index (χ2v) is 14.6. The predicted molar refractivity (Wildman–Crippen MR) is 163 cm³/mol. The maximum absolute atomic E-state index is 13.5. The van der Waals surface area contributed by atoms with Gasteiger partial charge in [0.2, 0.25) is 12.2 Å². The zero-order valence-electron chi connectivity index (χ0n) is 23.9. The van der Waals surface area contributed by atoms with Gasteiger partial charge in [0.05, 0.1) is 32.2 Å². The number of anilines is 2. The van der Waals surface area contributed by atoms with Crippen molar-refractivity contribution < 1.29 is 70.1 Å². The zero-order valence-corrected chi connectivity index (χ0v) is 28.1. The van der Waals surface area contributed by atoms with Gasteiger partial charge in [-0.15, -0.1) is 11.3 Å². The van der Waals surface area contributed by atoms with Crippen molar-refractivity contribution in [2.45, 2.75) is 42.1 Å². The fourth-order valence-corrected chi connectivity index (χ4v) is 7.94. The van der Waals surface area contributed by atoms with Gasteiger partial charge in [-0.25, -0.2) is 13.4 Å². The molecular formula is C20H25BN6O15P2S3. The van der Waals surface area contributed by atoms with E-state index in [1.165, 1.54) is 16.3 Å². The summed E-state index contributed by atoms with van der Waals surface area (Å²) >= 11 is 6.20. The molecule has 0 aliphatic carbocycles. The number of aromatic nitrogens is 4. The van der Waals surface area contributed by atoms with Gasteiger partial charge in [0.15, 0.2) is 21.7 Å². The first-order chi connectivity index (χ1) is 22.2. The number of nitrogens with one attached hydrogen (secondary N) is 2. The highest BCUT2D eigenvalue weighted by molar-refractivity contribution is 7.91. The summed E-state index contributed by atoms with van der Waals surface area (Å²) in [5.74, 6) is -1.63. The van der Waals surface area contributed by atoms with Crippen molar-refractivity contribution in [3.05, 3.63) is 21.2 Å². The number of carbonyl (C=O) groups is 2. The Labute approximate surface area is 276 Å². The van der Waals surface area contributed by atoms with E-state index in [1.807, 2.05) is 0 Å². The van der Waals surface area contributed by atoms with Crippen molar-refractivity contribution in [3.63, 3.8) is 0 Å². The number of H-pyrrole nitrogens is 1. The first-order valence-electron chi connectivity index (χ1n) is 12.8. The molecule has 256 valence electrons. The monoisotopic (exact) mass is 758 g/mol. The lowest BCUT2D eigenvalue weighted by molar-refractivity contribution is -0.166. The lowest BCUT2D eigenvalue weighted by atomic mass is 10.1. The number of fused-ring (bicyclic) bond motifs is 2. The van der Waals surface area contributed by atoms with Crippen molar-refractivity contribution in [1.29, 1.82) is 0 Å². The number of nitrogens with zero attached hydrogens (tertiary/aromatic N) is 3. The number of esters is 1. The van der Waals surface area contributed by atoms with Gasteiger partial charge in [0, 0.05) is 16.5 Å². The molecule has 6 atom stereocenters. The van der Waals surface area contributed by atoms with Gasteiger partial charge >= 0.3 is 30.5 Å². The fraction of sp³-hybridized carbons (Fsp3) is 0.450. The van der Waals surface area contributed by atoms with Crippen LogP contribution in [0.1, 0.15) is 11.1 Å². The summed E-state index contributed by atoms with van der Waals surface area (Å²) in [6.45, 7) is -0.481. The van der Waals surface area contributed by atoms with Crippen molar-refractivity contribution in [1.82, 2.24) is 19.5 Å². The van der Waals surface area contributed by atoms with E-state index in [1.54, 1.807) is 0 Å². The molecule has 0 aromatic carbocycles. The number of amides is 1. The molecule has 0 radical (unpaired) electrons. The summed E-state index contributed by atoms with van der Waals surface area (Å²) in [4.78, 5) is 64.2. The number of aromatic amines is 1. The molecule has 2 aliphatic heterocycles. The minimum atomic E-state index is -3.85. The molecule has 2 saturated heterocycles. The average molecular weight is 758 g/mol. The highest BCUT2D eigenvalue weighted by atomic mass is 32.2. The van der Waals surface area contributed by atoms with E-state index >= 15 is 0 Å². The minimum absolute atomic E-state index is 0.0296. The topological polar surface area (TPSA) is 298 Å². The predicted octanol–water partition coefficient (Wildman–Crippen LogP) is -0.645. The number of methoxy groups -OCH3 is 1. The molecule has 27 heteroatoms. The van der Waals surface area contributed by atoms with E-state index in [0.29, 0.717) is 0 Å². The van der Waals surface area contributed by atoms with E-state index in [4.69, 9.17) is 46.5 Å². The third-order valence-corrected chi connectivity index (χ3v) is 10.2. The quantitative estimate of drug-likeness (QED) is 0.0493. The van der Waals surface area contributed by atoms with E-state index < -0.39 is 83.7 Å². The lowest BCUT2D eigenvalue weighted by Gasteiger charge is -2.22. The Morgan fingerprint density at radius 2 is 1.98 bits per heavy atom. The average Bonchev–Trinajstić information content (AvgIpc) is 3.74. The highest BCUT2D eigenvalue weighted by Gasteiger charge is 2.55. The first-order valence-corrected chi connectivity index (χ1v) is 18.3. The molecule has 3 aromatic heterocycles. The molecule has 0 bridgehead atoms. The lowest BCUT2D eigenvalue weighted by Crippen LogP contribution is -2.34. The van der Waals surface area contributed by atoms with Gasteiger partial charge in [-0.1, -0.05) is 12.2 Å². The SMILES string of the molecule is COC(=O)Cc1scc(S(C)(=O)=O)c1NC(=O)[C@@H]1OC2C(COP(O)OB(O)OP(O)O)OC(n3cnc4c(=S)[nH]c(N)nc43)C2O1. The molecule has 5 heterocycles. The molecule has 3 aromatic rings. The molecule has 1 amide bonds. The molecule has 21 nitrogen and oxygen atoms in total. The Morgan fingerprint density at radius 1 is 1.26 bits per heavy atom. The van der Waals surface area contributed by atoms with Crippen molar-refractivity contribution >= 4 is 92.6 Å². The standard InChI is InChI=1S/C20H25BN6O15P2S3/c1-36-10(28)3-8-11(9(5-46-8)47(2,34)35)24-16(29)19-39-13-7(4-37-44(33)42-21(30)41-43(31)32)38-18(14(13)40-19)27-6-23-12-15(27)25-20(22)26-17(12)45/h5-7,13-14,18-19,30-33H,3-4H2,1-2H3,(H,24,29)(H3,22,25,26,45)/t7?,13?,14?,18?,19-,44?/m1/s1. The van der Waals surface area contributed by atoms with Gasteiger partial charge in [-0.2, -0.15) is 4.98 Å². The smallest absolute Gasteiger partial charge is 0.469 e. The number of nitrogens with two attached hydrogens (primary N) is 1. The minimum Gasteiger partial charge on any atom is -0.469 e. The number of nitrogen functional groups attached to an aromatic ring is 1. The summed E-state index contributed by atoms with van der Waals surface area (Å²) in [6.07, 6.45) is -4.05. The molecule has 5 unspecified atom stereocenters. The van der Waals surface area contributed by atoms with Crippen molar-refractivity contribution in [2.24, 2.45) is 0 Å². The number of imidazole rings is 1. The number of ether oxygens (including phenoxy) is 4. The van der Waals surface area contributed by atoms with Crippen LogP contribution in [0, 0.1) is 4.64 Å². The molecule has 0 spiro atoms. The second kappa shape index (κ2) is 14.7. The van der Waals surface area contributed by atoms with Crippen LogP contribution >= 0.6 is 40.8 Å². The Bertz CT molecular complexity index is 1810. The van der Waals surface area contributed by atoms with Gasteiger partial charge in [0.1, 0.15) is 33.4 Å². The van der Waals surface area contributed by atoms with Crippen molar-refractivity contribution in [3.8, 4) is 0 Å². The highest BCUT2D eigenvalue weighted by Crippen LogP contribution is 2.44. The molecule has 5 rings (SSSR count). The van der Waals surface area contributed by atoms with Gasteiger partial charge < -0.3 is 68.1 Å². The molecule has 0 saturated carbocycles. The molecular weight excluding hydrogens is 733 g/mol. The van der Waals surface area contributed by atoms with Gasteiger partial charge in [-0.05, 0) is 0 Å². The van der Waals surface area contributed by atoms with Crippen LogP contribution in [0.2, 0.25) is 0 Å². The largest absolute Gasteiger partial charge is 0.649 e. The summed E-state index contributed by atoms with van der Waals surface area (Å²) in [6, 6.07) is 0. The van der Waals surface area contributed by atoms with Crippen LogP contribution in [0.25, 0.3) is 11.2 Å².